The summed E-state index contributed by atoms with van der Waals surface area (Å²) in [5, 5.41) is 1.98. The summed E-state index contributed by atoms with van der Waals surface area (Å²) < 4.78 is 0. The zero-order valence-corrected chi connectivity index (χ0v) is 8.64. The van der Waals surface area contributed by atoms with Gasteiger partial charge in [-0.25, -0.2) is 9.97 Å². The number of halogens is 1. The van der Waals surface area contributed by atoms with E-state index in [1.54, 1.807) is 24.7 Å². The molecule has 0 amide bonds. The molecule has 72 valence electrons. The van der Waals surface area contributed by atoms with Crippen molar-refractivity contribution in [3.05, 3.63) is 29.7 Å². The van der Waals surface area contributed by atoms with Crippen LogP contribution in [0.25, 0.3) is 0 Å². The van der Waals surface area contributed by atoms with E-state index in [4.69, 9.17) is 17.3 Å². The lowest BCUT2D eigenvalue weighted by Crippen LogP contribution is -1.88. The first kappa shape index (κ1) is 9.36. The molecule has 0 spiro atoms. The van der Waals surface area contributed by atoms with Crippen molar-refractivity contribution in [2.75, 3.05) is 5.73 Å². The zero-order valence-electron chi connectivity index (χ0n) is 7.07. The first-order chi connectivity index (χ1) is 6.75. The summed E-state index contributed by atoms with van der Waals surface area (Å²) >= 11 is 7.31. The number of aromatic amines is 1. The highest BCUT2D eigenvalue weighted by molar-refractivity contribution is 7.99. The van der Waals surface area contributed by atoms with Gasteiger partial charge in [0.2, 0.25) is 0 Å². The molecule has 0 bridgehead atoms. The maximum absolute atomic E-state index is 5.94. The number of imidazole rings is 1. The van der Waals surface area contributed by atoms with E-state index in [1.807, 2.05) is 0 Å². The van der Waals surface area contributed by atoms with Gasteiger partial charge in [0.15, 0.2) is 5.16 Å². The van der Waals surface area contributed by atoms with Crippen LogP contribution in [0.3, 0.4) is 0 Å². The summed E-state index contributed by atoms with van der Waals surface area (Å²) in [4.78, 5) is 11.1. The monoisotopic (exact) mass is 226 g/mol. The number of nitrogen functional groups attached to an aromatic ring is 1. The molecule has 0 aliphatic carbocycles. The minimum absolute atomic E-state index is 0.534. The Morgan fingerprint density at radius 3 is 2.93 bits per heavy atom. The van der Waals surface area contributed by atoms with Crippen LogP contribution in [0.2, 0.25) is 5.02 Å². The standard InChI is InChI=1S/C8H7ClN4S/c9-6-3-5(10)4-13-7(6)14-8-11-1-2-12-8/h1-4H,10H2,(H,11,12). The summed E-state index contributed by atoms with van der Waals surface area (Å²) in [7, 11) is 0. The van der Waals surface area contributed by atoms with Gasteiger partial charge in [-0.15, -0.1) is 0 Å². The molecule has 2 heterocycles. The number of anilines is 1. The Labute approximate surface area is 89.9 Å². The van der Waals surface area contributed by atoms with Crippen molar-refractivity contribution in [3.8, 4) is 0 Å². The summed E-state index contributed by atoms with van der Waals surface area (Å²) in [5.74, 6) is 0. The second-order valence-corrected chi connectivity index (χ2v) is 3.94. The van der Waals surface area contributed by atoms with E-state index in [0.29, 0.717) is 15.7 Å². The fourth-order valence-electron chi connectivity index (χ4n) is 0.913. The van der Waals surface area contributed by atoms with Gasteiger partial charge in [-0.2, -0.15) is 0 Å². The lowest BCUT2D eigenvalue weighted by molar-refractivity contribution is 1.04. The molecular formula is C8H7ClN4S. The molecule has 0 saturated carbocycles. The molecule has 6 heteroatoms. The first-order valence-corrected chi connectivity index (χ1v) is 5.03. The van der Waals surface area contributed by atoms with Gasteiger partial charge in [-0.3, -0.25) is 0 Å². The third-order valence-corrected chi connectivity index (χ3v) is 2.83. The van der Waals surface area contributed by atoms with Crippen molar-refractivity contribution in [3.63, 3.8) is 0 Å². The Morgan fingerprint density at radius 2 is 2.29 bits per heavy atom. The summed E-state index contributed by atoms with van der Waals surface area (Å²) in [6.07, 6.45) is 4.98. The van der Waals surface area contributed by atoms with E-state index < -0.39 is 0 Å². The number of rotatable bonds is 2. The Balaban J connectivity index is 2.25. The Kier molecular flexibility index (Phi) is 2.60. The van der Waals surface area contributed by atoms with Crippen LogP contribution in [-0.4, -0.2) is 15.0 Å². The molecule has 0 unspecified atom stereocenters. The number of nitrogens with zero attached hydrogens (tertiary/aromatic N) is 2. The van der Waals surface area contributed by atoms with Crippen LogP contribution in [0.1, 0.15) is 0 Å². The quantitative estimate of drug-likeness (QED) is 0.824. The third kappa shape index (κ3) is 2.00. The van der Waals surface area contributed by atoms with Gasteiger partial charge in [0.25, 0.3) is 0 Å². The van der Waals surface area contributed by atoms with Crippen molar-refractivity contribution in [2.45, 2.75) is 10.2 Å². The van der Waals surface area contributed by atoms with Gasteiger partial charge < -0.3 is 10.7 Å². The molecule has 0 radical (unpaired) electrons. The fourth-order valence-corrected chi connectivity index (χ4v) is 1.89. The Bertz CT molecular complexity index is 429. The number of nitrogens with two attached hydrogens (primary N) is 1. The second-order valence-electron chi connectivity index (χ2n) is 2.55. The molecule has 4 nitrogen and oxygen atoms in total. The van der Waals surface area contributed by atoms with E-state index >= 15 is 0 Å². The van der Waals surface area contributed by atoms with Gasteiger partial charge in [0.1, 0.15) is 5.03 Å². The molecule has 2 rings (SSSR count). The van der Waals surface area contributed by atoms with Crippen molar-refractivity contribution in [2.24, 2.45) is 0 Å². The predicted molar refractivity (Wildman–Crippen MR) is 56.4 cm³/mol. The van der Waals surface area contributed by atoms with Crippen molar-refractivity contribution < 1.29 is 0 Å². The number of nitrogens with one attached hydrogen (secondary N) is 1. The summed E-state index contributed by atoms with van der Waals surface area (Å²) in [5.41, 5.74) is 6.08. The molecule has 0 aliphatic rings. The normalized spacial score (nSPS) is 10.4. The predicted octanol–water partition coefficient (Wildman–Crippen LogP) is 2.19. The maximum Gasteiger partial charge on any atom is 0.171 e. The van der Waals surface area contributed by atoms with Crippen LogP contribution in [-0.2, 0) is 0 Å². The third-order valence-electron chi connectivity index (χ3n) is 1.50. The van der Waals surface area contributed by atoms with E-state index in [-0.39, 0.29) is 0 Å². The Morgan fingerprint density at radius 1 is 1.43 bits per heavy atom. The minimum Gasteiger partial charge on any atom is -0.397 e. The van der Waals surface area contributed by atoms with Crippen LogP contribution in [0.15, 0.2) is 34.8 Å². The molecule has 0 atom stereocenters. The molecule has 2 aromatic rings. The van der Waals surface area contributed by atoms with Gasteiger partial charge in [-0.1, -0.05) is 11.6 Å². The van der Waals surface area contributed by atoms with E-state index in [1.165, 1.54) is 11.8 Å². The van der Waals surface area contributed by atoms with Gasteiger partial charge in [0, 0.05) is 12.4 Å². The molecule has 0 aromatic carbocycles. The largest absolute Gasteiger partial charge is 0.397 e. The SMILES string of the molecule is Nc1cnc(Sc2ncc[nH]2)c(Cl)c1. The van der Waals surface area contributed by atoms with Gasteiger partial charge in [-0.05, 0) is 17.8 Å². The van der Waals surface area contributed by atoms with Crippen molar-refractivity contribution in [1.29, 1.82) is 0 Å². The van der Waals surface area contributed by atoms with Crippen molar-refractivity contribution in [1.82, 2.24) is 15.0 Å². The van der Waals surface area contributed by atoms with Crippen LogP contribution in [0, 0.1) is 0 Å². The maximum atomic E-state index is 5.94. The topological polar surface area (TPSA) is 67.6 Å². The highest BCUT2D eigenvalue weighted by Crippen LogP contribution is 2.29. The molecule has 14 heavy (non-hydrogen) atoms. The summed E-state index contributed by atoms with van der Waals surface area (Å²) in [6.45, 7) is 0. The highest BCUT2D eigenvalue weighted by Gasteiger charge is 2.05. The average Bonchev–Trinajstić information content (AvgIpc) is 2.62. The summed E-state index contributed by atoms with van der Waals surface area (Å²) in [6, 6.07) is 1.67. The molecule has 0 saturated heterocycles. The van der Waals surface area contributed by atoms with E-state index in [9.17, 15) is 0 Å². The van der Waals surface area contributed by atoms with Crippen LogP contribution >= 0.6 is 23.4 Å². The number of aromatic nitrogens is 3. The average molecular weight is 227 g/mol. The van der Waals surface area contributed by atoms with Gasteiger partial charge in [0.05, 0.1) is 16.9 Å². The van der Waals surface area contributed by atoms with Crippen LogP contribution in [0.5, 0.6) is 0 Å². The number of H-pyrrole nitrogens is 1. The smallest absolute Gasteiger partial charge is 0.171 e. The number of hydrogen-bond acceptors (Lipinski definition) is 4. The van der Waals surface area contributed by atoms with Crippen molar-refractivity contribution >= 4 is 29.1 Å². The van der Waals surface area contributed by atoms with E-state index in [0.717, 1.165) is 5.16 Å². The zero-order chi connectivity index (χ0) is 9.97. The van der Waals surface area contributed by atoms with Crippen LogP contribution in [0.4, 0.5) is 5.69 Å². The molecular weight excluding hydrogens is 220 g/mol. The number of pyridine rings is 1. The lowest BCUT2D eigenvalue weighted by atomic mass is 10.4. The highest BCUT2D eigenvalue weighted by atomic mass is 35.5. The molecule has 3 N–H and O–H groups in total. The molecule has 0 aliphatic heterocycles. The van der Waals surface area contributed by atoms with E-state index in [2.05, 4.69) is 15.0 Å². The number of hydrogen-bond donors (Lipinski definition) is 2. The molecule has 2 aromatic heterocycles. The minimum atomic E-state index is 0.534. The Hall–Kier alpha value is -1.20. The van der Waals surface area contributed by atoms with Crippen LogP contribution < -0.4 is 5.73 Å². The fraction of sp³-hybridized carbons (Fsp3) is 0. The first-order valence-electron chi connectivity index (χ1n) is 3.84. The lowest BCUT2D eigenvalue weighted by Gasteiger charge is -2.00. The molecule has 0 fully saturated rings. The van der Waals surface area contributed by atoms with Gasteiger partial charge >= 0.3 is 0 Å². The second kappa shape index (κ2) is 3.89.